The van der Waals surface area contributed by atoms with Crippen molar-refractivity contribution in [2.24, 2.45) is 0 Å². The minimum absolute atomic E-state index is 0.213. The van der Waals surface area contributed by atoms with Crippen LogP contribution in [0.25, 0.3) is 11.5 Å². The van der Waals surface area contributed by atoms with Crippen molar-refractivity contribution in [3.05, 3.63) is 65.8 Å². The van der Waals surface area contributed by atoms with Crippen molar-refractivity contribution in [3.8, 4) is 17.2 Å². The molecule has 3 aromatic rings. The number of hydrogen-bond donors (Lipinski definition) is 1. The quantitative estimate of drug-likeness (QED) is 0.601. The number of aromatic nitrogens is 2. The number of nitrogens with zero attached hydrogens (tertiary/aromatic N) is 2. The Labute approximate surface area is 168 Å². The van der Waals surface area contributed by atoms with E-state index in [0.29, 0.717) is 23.0 Å². The van der Waals surface area contributed by atoms with E-state index in [1.54, 1.807) is 62.8 Å². The van der Waals surface area contributed by atoms with Gasteiger partial charge in [-0.15, -0.1) is 0 Å². The number of pyridine rings is 1. The number of ether oxygens (including phenoxy) is 1. The molecule has 1 aromatic carbocycles. The highest BCUT2D eigenvalue weighted by molar-refractivity contribution is 7.91. The molecule has 3 rings (SSSR count). The average molecular weight is 415 g/mol. The van der Waals surface area contributed by atoms with Gasteiger partial charge in [0, 0.05) is 24.5 Å². The molecule has 0 bridgehead atoms. The Balaban J connectivity index is 1.65. The fourth-order valence-electron chi connectivity index (χ4n) is 2.65. The van der Waals surface area contributed by atoms with Gasteiger partial charge in [0.25, 0.3) is 0 Å². The average Bonchev–Trinajstić information content (AvgIpc) is 3.06. The van der Waals surface area contributed by atoms with Crippen LogP contribution in [0.3, 0.4) is 0 Å². The third-order valence-corrected chi connectivity index (χ3v) is 5.54. The van der Waals surface area contributed by atoms with Crippen LogP contribution in [-0.4, -0.2) is 37.2 Å². The van der Waals surface area contributed by atoms with Gasteiger partial charge in [0.05, 0.1) is 18.6 Å². The van der Waals surface area contributed by atoms with Crippen LogP contribution in [0.4, 0.5) is 0 Å². The number of oxazole rings is 1. The predicted octanol–water partition coefficient (Wildman–Crippen LogP) is 2.28. The van der Waals surface area contributed by atoms with Gasteiger partial charge in [0.15, 0.2) is 9.84 Å². The van der Waals surface area contributed by atoms with Crippen LogP contribution in [0.1, 0.15) is 17.0 Å². The molecule has 1 N–H and O–H groups in total. The normalized spacial score (nSPS) is 11.2. The van der Waals surface area contributed by atoms with Crippen LogP contribution in [0, 0.1) is 6.92 Å². The Morgan fingerprint density at radius 2 is 2.07 bits per heavy atom. The molecule has 0 saturated heterocycles. The molecule has 0 fully saturated rings. The van der Waals surface area contributed by atoms with Gasteiger partial charge in [-0.2, -0.15) is 0 Å². The minimum atomic E-state index is -3.72. The van der Waals surface area contributed by atoms with Crippen LogP contribution >= 0.6 is 0 Å². The Hall–Kier alpha value is -3.20. The molecule has 29 heavy (non-hydrogen) atoms. The number of methoxy groups -OCH3 is 1. The van der Waals surface area contributed by atoms with Crippen LogP contribution in [0.5, 0.6) is 5.75 Å². The third kappa shape index (κ3) is 5.64. The van der Waals surface area contributed by atoms with Crippen molar-refractivity contribution in [1.82, 2.24) is 15.3 Å². The Morgan fingerprint density at radius 3 is 2.79 bits per heavy atom. The van der Waals surface area contributed by atoms with E-state index < -0.39 is 21.5 Å². The Morgan fingerprint density at radius 1 is 1.24 bits per heavy atom. The van der Waals surface area contributed by atoms with Crippen molar-refractivity contribution in [2.75, 3.05) is 12.9 Å². The molecule has 2 aromatic heterocycles. The summed E-state index contributed by atoms with van der Waals surface area (Å²) in [6.07, 6.45) is 3.23. The molecular weight excluding hydrogens is 394 g/mol. The zero-order valence-corrected chi connectivity index (χ0v) is 16.9. The molecule has 0 radical (unpaired) electrons. The first-order valence-corrected chi connectivity index (χ1v) is 10.7. The zero-order chi connectivity index (χ0) is 20.9. The fourth-order valence-corrected chi connectivity index (χ4v) is 3.94. The summed E-state index contributed by atoms with van der Waals surface area (Å²) in [7, 11) is -2.16. The molecule has 2 heterocycles. The van der Waals surface area contributed by atoms with E-state index in [0.717, 1.165) is 5.56 Å². The van der Waals surface area contributed by atoms with Gasteiger partial charge < -0.3 is 14.5 Å². The van der Waals surface area contributed by atoms with E-state index in [1.807, 2.05) is 0 Å². The van der Waals surface area contributed by atoms with E-state index in [2.05, 4.69) is 15.3 Å². The van der Waals surface area contributed by atoms with E-state index in [4.69, 9.17) is 9.15 Å². The molecule has 0 atom stereocenters. The number of benzene rings is 1. The lowest BCUT2D eigenvalue weighted by Crippen LogP contribution is -2.30. The van der Waals surface area contributed by atoms with Crippen LogP contribution in [-0.2, 0) is 26.9 Å². The molecule has 8 nitrogen and oxygen atoms in total. The molecule has 1 amide bonds. The molecule has 0 spiro atoms. The highest BCUT2D eigenvalue weighted by atomic mass is 32.2. The van der Waals surface area contributed by atoms with E-state index >= 15 is 0 Å². The monoisotopic (exact) mass is 415 g/mol. The van der Waals surface area contributed by atoms with Crippen LogP contribution < -0.4 is 10.1 Å². The number of nitrogens with one attached hydrogen (secondary N) is 1. The van der Waals surface area contributed by atoms with Gasteiger partial charge in [-0.3, -0.25) is 9.78 Å². The third-order valence-electron chi connectivity index (χ3n) is 4.13. The first-order chi connectivity index (χ1) is 13.9. The standard InChI is InChI=1S/C20H21N3O5S/c1-14-18(23-20(28-14)16-6-3-7-17(9-16)27-2)12-29(25,26)13-19(24)22-11-15-5-4-8-21-10-15/h3-10H,11-13H2,1-2H3,(H,22,24). The zero-order valence-electron chi connectivity index (χ0n) is 16.1. The van der Waals surface area contributed by atoms with Gasteiger partial charge in [0.1, 0.15) is 17.3 Å². The van der Waals surface area contributed by atoms with E-state index in [9.17, 15) is 13.2 Å². The summed E-state index contributed by atoms with van der Waals surface area (Å²) >= 11 is 0. The van der Waals surface area contributed by atoms with Crippen molar-refractivity contribution in [1.29, 1.82) is 0 Å². The summed E-state index contributed by atoms with van der Waals surface area (Å²) in [5.74, 6) is -0.267. The topological polar surface area (TPSA) is 111 Å². The summed E-state index contributed by atoms with van der Waals surface area (Å²) in [6, 6.07) is 10.6. The smallest absolute Gasteiger partial charge is 0.235 e. The van der Waals surface area contributed by atoms with Crippen LogP contribution in [0.15, 0.2) is 53.2 Å². The summed E-state index contributed by atoms with van der Waals surface area (Å²) in [6.45, 7) is 1.86. The molecule has 152 valence electrons. The predicted molar refractivity (Wildman–Crippen MR) is 107 cm³/mol. The maximum absolute atomic E-state index is 12.4. The molecule has 0 saturated carbocycles. The van der Waals surface area contributed by atoms with E-state index in [1.165, 1.54) is 0 Å². The molecule has 0 aliphatic rings. The second-order valence-corrected chi connectivity index (χ2v) is 8.49. The minimum Gasteiger partial charge on any atom is -0.497 e. The SMILES string of the molecule is COc1cccc(-c2nc(CS(=O)(=O)CC(=O)NCc3cccnc3)c(C)o2)c1. The summed E-state index contributed by atoms with van der Waals surface area (Å²) in [5, 5.41) is 2.58. The van der Waals surface area contributed by atoms with Crippen molar-refractivity contribution < 1.29 is 22.4 Å². The molecular formula is C20H21N3O5S. The second-order valence-electron chi connectivity index (χ2n) is 6.42. The number of rotatable bonds is 8. The Kier molecular flexibility index (Phi) is 6.28. The lowest BCUT2D eigenvalue weighted by molar-refractivity contribution is -0.118. The highest BCUT2D eigenvalue weighted by Gasteiger charge is 2.22. The van der Waals surface area contributed by atoms with Crippen LogP contribution in [0.2, 0.25) is 0 Å². The number of carbonyl (C=O) groups excluding carboxylic acids is 1. The lowest BCUT2D eigenvalue weighted by atomic mass is 10.2. The first kappa shape index (κ1) is 20.5. The largest absolute Gasteiger partial charge is 0.497 e. The Bertz CT molecular complexity index is 1090. The highest BCUT2D eigenvalue weighted by Crippen LogP contribution is 2.26. The molecule has 0 aliphatic carbocycles. The number of carbonyl (C=O) groups is 1. The summed E-state index contributed by atoms with van der Waals surface area (Å²) in [4.78, 5) is 20.3. The van der Waals surface area contributed by atoms with Crippen molar-refractivity contribution in [2.45, 2.75) is 19.2 Å². The van der Waals surface area contributed by atoms with Gasteiger partial charge in [0.2, 0.25) is 11.8 Å². The second kappa shape index (κ2) is 8.87. The van der Waals surface area contributed by atoms with Gasteiger partial charge >= 0.3 is 0 Å². The molecule has 0 unspecified atom stereocenters. The number of aryl methyl sites for hydroxylation is 1. The molecule has 0 aliphatic heterocycles. The fraction of sp³-hybridized carbons (Fsp3) is 0.250. The maximum Gasteiger partial charge on any atom is 0.235 e. The van der Waals surface area contributed by atoms with Crippen molar-refractivity contribution in [3.63, 3.8) is 0 Å². The summed E-state index contributed by atoms with van der Waals surface area (Å²) in [5.41, 5.74) is 1.74. The number of amides is 1. The maximum atomic E-state index is 12.4. The molecule has 9 heteroatoms. The van der Waals surface area contributed by atoms with Crippen molar-refractivity contribution >= 4 is 15.7 Å². The lowest BCUT2D eigenvalue weighted by Gasteiger charge is -2.05. The summed E-state index contributed by atoms with van der Waals surface area (Å²) < 4.78 is 35.7. The van der Waals surface area contributed by atoms with E-state index in [-0.39, 0.29) is 18.0 Å². The van der Waals surface area contributed by atoms with Gasteiger partial charge in [-0.25, -0.2) is 13.4 Å². The number of hydrogen-bond acceptors (Lipinski definition) is 7. The van der Waals surface area contributed by atoms with Gasteiger partial charge in [-0.05, 0) is 36.8 Å². The van der Waals surface area contributed by atoms with Gasteiger partial charge in [-0.1, -0.05) is 12.1 Å². The number of sulfone groups is 1. The first-order valence-electron chi connectivity index (χ1n) is 8.83.